The molecule has 0 aromatic heterocycles. The van der Waals surface area contributed by atoms with Crippen molar-refractivity contribution in [2.45, 2.75) is 31.2 Å². The predicted molar refractivity (Wildman–Crippen MR) is 77.4 cm³/mol. The molecular weight excluding hydrogens is 292 g/mol. The first-order valence-corrected chi connectivity index (χ1v) is 7.43. The Morgan fingerprint density at radius 1 is 1.39 bits per heavy atom. The van der Waals surface area contributed by atoms with Gasteiger partial charge in [0.15, 0.2) is 0 Å². The third-order valence-corrected chi connectivity index (χ3v) is 4.42. The Kier molecular flexibility index (Phi) is 4.38. The molecule has 0 aliphatic carbocycles. The summed E-state index contributed by atoms with van der Waals surface area (Å²) in [5.74, 6) is 0. The Morgan fingerprint density at radius 2 is 1.94 bits per heavy atom. The monoisotopic (exact) mass is 306 g/mol. The van der Waals surface area contributed by atoms with E-state index in [2.05, 4.69) is 4.72 Å². The van der Waals surface area contributed by atoms with Crippen molar-refractivity contribution in [3.63, 3.8) is 0 Å². The van der Waals surface area contributed by atoms with Crippen LogP contribution in [0.15, 0.2) is 23.1 Å². The largest absolute Gasteiger partial charge is 0.389 e. The molecule has 1 aromatic rings. The Bertz CT molecular complexity index is 577. The van der Waals surface area contributed by atoms with Crippen molar-refractivity contribution in [3.05, 3.63) is 28.8 Å². The molecule has 0 radical (unpaired) electrons. The summed E-state index contributed by atoms with van der Waals surface area (Å²) >= 11 is 10.7. The van der Waals surface area contributed by atoms with E-state index < -0.39 is 15.6 Å². The van der Waals surface area contributed by atoms with Crippen LogP contribution in [0, 0.1) is 0 Å². The minimum absolute atomic E-state index is 0.0237. The van der Waals surface area contributed by atoms with Crippen LogP contribution in [0.5, 0.6) is 0 Å². The number of thiocarbonyl (C=S) groups is 1. The third-order valence-electron chi connectivity index (χ3n) is 1.95. The summed E-state index contributed by atoms with van der Waals surface area (Å²) in [4.78, 5) is 0.100. The van der Waals surface area contributed by atoms with E-state index in [1.807, 2.05) is 0 Å². The summed E-state index contributed by atoms with van der Waals surface area (Å²) in [5.41, 5.74) is 5.34. The maximum Gasteiger partial charge on any atom is 0.242 e. The van der Waals surface area contributed by atoms with Crippen LogP contribution in [0.3, 0.4) is 0 Å². The van der Waals surface area contributed by atoms with E-state index in [9.17, 15) is 8.42 Å². The number of benzene rings is 1. The number of nitrogens with two attached hydrogens (primary N) is 1. The first-order valence-electron chi connectivity index (χ1n) is 5.16. The highest BCUT2D eigenvalue weighted by Gasteiger charge is 2.24. The van der Waals surface area contributed by atoms with Crippen molar-refractivity contribution < 1.29 is 8.42 Å². The maximum atomic E-state index is 12.2. The Labute approximate surface area is 118 Å². The van der Waals surface area contributed by atoms with Crippen LogP contribution in [0.1, 0.15) is 26.3 Å². The highest BCUT2D eigenvalue weighted by atomic mass is 35.5. The lowest BCUT2D eigenvalue weighted by Gasteiger charge is -2.21. The zero-order chi connectivity index (χ0) is 14.1. The molecule has 0 amide bonds. The highest BCUT2D eigenvalue weighted by Crippen LogP contribution is 2.23. The molecule has 100 valence electrons. The average molecular weight is 307 g/mol. The molecule has 0 spiro atoms. The van der Waals surface area contributed by atoms with Gasteiger partial charge in [-0.1, -0.05) is 29.9 Å². The molecule has 1 aromatic carbocycles. The molecule has 4 nitrogen and oxygen atoms in total. The average Bonchev–Trinajstić information content (AvgIpc) is 2.13. The molecule has 0 fully saturated rings. The Hall–Kier alpha value is -0.690. The van der Waals surface area contributed by atoms with Gasteiger partial charge in [0.1, 0.15) is 9.88 Å². The molecule has 0 saturated carbocycles. The van der Waals surface area contributed by atoms with Crippen LogP contribution < -0.4 is 10.5 Å². The van der Waals surface area contributed by atoms with Crippen molar-refractivity contribution in [1.29, 1.82) is 0 Å². The minimum Gasteiger partial charge on any atom is -0.389 e. The standard InChI is InChI=1S/C11H15ClN2O2S2/c1-11(2,3)14-18(15,16)9-6-7(10(13)17)4-5-8(9)12/h4-6,14H,1-3H3,(H2,13,17). The van der Waals surface area contributed by atoms with E-state index in [0.29, 0.717) is 5.56 Å². The molecule has 0 atom stereocenters. The summed E-state index contributed by atoms with van der Waals surface area (Å²) in [6.07, 6.45) is 0. The molecule has 0 aliphatic rings. The fraction of sp³-hybridized carbons (Fsp3) is 0.364. The van der Waals surface area contributed by atoms with Gasteiger partial charge in [-0.3, -0.25) is 0 Å². The number of rotatable bonds is 3. The maximum absolute atomic E-state index is 12.2. The molecule has 0 bridgehead atoms. The van der Waals surface area contributed by atoms with Crippen LogP contribution in [0.4, 0.5) is 0 Å². The van der Waals surface area contributed by atoms with E-state index in [1.54, 1.807) is 26.8 Å². The smallest absolute Gasteiger partial charge is 0.242 e. The van der Waals surface area contributed by atoms with Gasteiger partial charge in [-0.05, 0) is 32.9 Å². The van der Waals surface area contributed by atoms with Crippen LogP contribution in [-0.2, 0) is 10.0 Å². The molecule has 0 heterocycles. The summed E-state index contributed by atoms with van der Waals surface area (Å²) < 4.78 is 26.9. The van der Waals surface area contributed by atoms with Gasteiger partial charge in [0, 0.05) is 11.1 Å². The van der Waals surface area contributed by atoms with Crippen LogP contribution in [0.2, 0.25) is 5.02 Å². The highest BCUT2D eigenvalue weighted by molar-refractivity contribution is 7.89. The third kappa shape index (κ3) is 3.91. The summed E-state index contributed by atoms with van der Waals surface area (Å²) in [7, 11) is -3.70. The van der Waals surface area contributed by atoms with Gasteiger partial charge in [-0.25, -0.2) is 13.1 Å². The van der Waals surface area contributed by atoms with Crippen molar-refractivity contribution in [3.8, 4) is 0 Å². The Morgan fingerprint density at radius 3 is 2.39 bits per heavy atom. The van der Waals surface area contributed by atoms with Crippen molar-refractivity contribution in [1.82, 2.24) is 4.72 Å². The second-order valence-corrected chi connectivity index (χ2v) is 7.36. The molecule has 1 rings (SSSR count). The lowest BCUT2D eigenvalue weighted by Crippen LogP contribution is -2.40. The summed E-state index contributed by atoms with van der Waals surface area (Å²) in [6, 6.07) is 4.42. The number of hydrogen-bond donors (Lipinski definition) is 2. The lowest BCUT2D eigenvalue weighted by molar-refractivity contribution is 0.491. The lowest BCUT2D eigenvalue weighted by atomic mass is 10.1. The van der Waals surface area contributed by atoms with Gasteiger partial charge in [0.2, 0.25) is 10.0 Å². The predicted octanol–water partition coefficient (Wildman–Crippen LogP) is 2.05. The van der Waals surface area contributed by atoms with E-state index in [1.165, 1.54) is 12.1 Å². The fourth-order valence-electron chi connectivity index (χ4n) is 1.32. The van der Waals surface area contributed by atoms with E-state index >= 15 is 0 Å². The molecule has 18 heavy (non-hydrogen) atoms. The minimum atomic E-state index is -3.70. The van der Waals surface area contributed by atoms with Gasteiger partial charge in [0.05, 0.1) is 5.02 Å². The summed E-state index contributed by atoms with van der Waals surface area (Å²) in [6.45, 7) is 5.24. The Balaban J connectivity index is 3.32. The van der Waals surface area contributed by atoms with Gasteiger partial charge in [-0.2, -0.15) is 0 Å². The van der Waals surface area contributed by atoms with Crippen molar-refractivity contribution >= 4 is 38.8 Å². The molecular formula is C11H15ClN2O2S2. The quantitative estimate of drug-likeness (QED) is 0.838. The summed E-state index contributed by atoms with van der Waals surface area (Å²) in [5, 5.41) is 0.131. The number of hydrogen-bond acceptors (Lipinski definition) is 3. The van der Waals surface area contributed by atoms with Gasteiger partial charge >= 0.3 is 0 Å². The van der Waals surface area contributed by atoms with Crippen molar-refractivity contribution in [2.75, 3.05) is 0 Å². The SMILES string of the molecule is CC(C)(C)NS(=O)(=O)c1cc(C(N)=S)ccc1Cl. The topological polar surface area (TPSA) is 72.2 Å². The van der Waals surface area contributed by atoms with E-state index in [-0.39, 0.29) is 14.9 Å². The first kappa shape index (κ1) is 15.4. The van der Waals surface area contributed by atoms with Crippen LogP contribution in [-0.4, -0.2) is 18.9 Å². The van der Waals surface area contributed by atoms with Crippen LogP contribution >= 0.6 is 23.8 Å². The fourth-order valence-corrected chi connectivity index (χ4v) is 3.39. The van der Waals surface area contributed by atoms with Crippen molar-refractivity contribution in [2.24, 2.45) is 5.73 Å². The van der Waals surface area contributed by atoms with E-state index in [0.717, 1.165) is 0 Å². The zero-order valence-corrected chi connectivity index (χ0v) is 12.7. The van der Waals surface area contributed by atoms with Gasteiger partial charge < -0.3 is 5.73 Å². The number of nitrogens with one attached hydrogen (secondary N) is 1. The molecule has 0 aliphatic heterocycles. The molecule has 0 unspecified atom stereocenters. The molecule has 7 heteroatoms. The first-order chi connectivity index (χ1) is 8.03. The second kappa shape index (κ2) is 5.13. The number of halogens is 1. The number of sulfonamides is 1. The van der Waals surface area contributed by atoms with Gasteiger partial charge in [-0.15, -0.1) is 0 Å². The molecule has 3 N–H and O–H groups in total. The zero-order valence-electron chi connectivity index (χ0n) is 10.3. The normalized spacial score (nSPS) is 12.4. The van der Waals surface area contributed by atoms with E-state index in [4.69, 9.17) is 29.6 Å². The van der Waals surface area contributed by atoms with Crippen LogP contribution in [0.25, 0.3) is 0 Å². The molecule has 0 saturated heterocycles. The van der Waals surface area contributed by atoms with Gasteiger partial charge in [0.25, 0.3) is 0 Å². The second-order valence-electron chi connectivity index (χ2n) is 4.86.